The molecular formula is C26H24ClN5O2. The number of amides is 1. The number of carbonyl (C=O) groups is 1. The number of anilines is 2. The number of ether oxygens (including phenoxy) is 1. The Labute approximate surface area is 203 Å². The summed E-state index contributed by atoms with van der Waals surface area (Å²) in [5.41, 5.74) is 4.75. The van der Waals surface area contributed by atoms with Crippen molar-refractivity contribution < 1.29 is 9.53 Å². The van der Waals surface area contributed by atoms with Crippen molar-refractivity contribution in [2.24, 2.45) is 0 Å². The number of methoxy groups -OCH3 is 1. The van der Waals surface area contributed by atoms with Crippen molar-refractivity contribution >= 4 is 35.9 Å². The van der Waals surface area contributed by atoms with Crippen molar-refractivity contribution in [1.82, 2.24) is 14.8 Å². The summed E-state index contributed by atoms with van der Waals surface area (Å²) in [5.74, 6) is 1.20. The van der Waals surface area contributed by atoms with E-state index in [-0.39, 0.29) is 30.3 Å². The summed E-state index contributed by atoms with van der Waals surface area (Å²) in [6.07, 6.45) is 2.12. The van der Waals surface area contributed by atoms with Crippen molar-refractivity contribution in [3.8, 4) is 5.75 Å². The number of hydrogen-bond acceptors (Lipinski definition) is 5. The van der Waals surface area contributed by atoms with Crippen LogP contribution in [0.3, 0.4) is 0 Å². The van der Waals surface area contributed by atoms with E-state index in [0.717, 1.165) is 16.8 Å². The van der Waals surface area contributed by atoms with Gasteiger partial charge in [-0.05, 0) is 48.4 Å². The van der Waals surface area contributed by atoms with Crippen LogP contribution in [0.2, 0.25) is 0 Å². The number of rotatable bonds is 5. The molecule has 7 nitrogen and oxygen atoms in total. The van der Waals surface area contributed by atoms with Crippen LogP contribution in [-0.4, -0.2) is 27.8 Å². The standard InChI is InChI=1S/C26H23N5O2.ClH/c1-17-8-10-19(11-9-17)23-16-22(18-6-4-3-5-7-18)27-26-29-25(30-31(23)26)28-24(32)20-12-14-21(33-2)15-13-20;/h3-16,23H,1-2H3,(H2,27,28,29,30,32);1H. The van der Waals surface area contributed by atoms with Gasteiger partial charge in [0.25, 0.3) is 11.9 Å². The second-order valence-electron chi connectivity index (χ2n) is 7.81. The summed E-state index contributed by atoms with van der Waals surface area (Å²) in [5, 5.41) is 10.8. The molecule has 0 bridgehead atoms. The first-order valence-electron chi connectivity index (χ1n) is 10.6. The number of benzene rings is 3. The van der Waals surface area contributed by atoms with E-state index in [1.165, 1.54) is 5.56 Å². The van der Waals surface area contributed by atoms with E-state index < -0.39 is 0 Å². The summed E-state index contributed by atoms with van der Waals surface area (Å²) in [6, 6.07) is 25.1. The van der Waals surface area contributed by atoms with E-state index in [2.05, 4.69) is 58.0 Å². The van der Waals surface area contributed by atoms with Gasteiger partial charge in [-0.2, -0.15) is 4.98 Å². The first-order chi connectivity index (χ1) is 16.1. The average molecular weight is 474 g/mol. The Kier molecular flexibility index (Phi) is 6.65. The molecule has 0 saturated heterocycles. The Morgan fingerprint density at radius 1 is 1.00 bits per heavy atom. The van der Waals surface area contributed by atoms with Gasteiger partial charge in [0.2, 0.25) is 5.95 Å². The second-order valence-corrected chi connectivity index (χ2v) is 7.81. The molecular weight excluding hydrogens is 450 g/mol. The first-order valence-corrected chi connectivity index (χ1v) is 10.6. The van der Waals surface area contributed by atoms with Crippen molar-refractivity contribution in [2.75, 3.05) is 17.7 Å². The molecule has 1 aliphatic heterocycles. The van der Waals surface area contributed by atoms with Crippen molar-refractivity contribution in [2.45, 2.75) is 13.0 Å². The lowest BCUT2D eigenvalue weighted by atomic mass is 10.0. The van der Waals surface area contributed by atoms with Gasteiger partial charge in [-0.1, -0.05) is 60.2 Å². The minimum Gasteiger partial charge on any atom is -0.497 e. The minimum absolute atomic E-state index is 0. The lowest BCUT2D eigenvalue weighted by Crippen LogP contribution is -2.20. The molecule has 3 aromatic carbocycles. The van der Waals surface area contributed by atoms with Gasteiger partial charge in [0.05, 0.1) is 7.11 Å². The number of fused-ring (bicyclic) bond motifs is 1. The maximum atomic E-state index is 12.7. The zero-order valence-corrected chi connectivity index (χ0v) is 19.5. The number of nitrogens with one attached hydrogen (secondary N) is 2. The monoisotopic (exact) mass is 473 g/mol. The zero-order valence-electron chi connectivity index (χ0n) is 18.7. The Morgan fingerprint density at radius 3 is 2.38 bits per heavy atom. The molecule has 4 aromatic rings. The fraction of sp³-hybridized carbons (Fsp3) is 0.115. The first kappa shape index (κ1) is 23.1. The number of allylic oxidation sites excluding steroid dienone is 1. The SMILES string of the molecule is COc1ccc(C(=O)Nc2nc3n(n2)C(c2ccc(C)cc2)C=C(c2ccccc2)N3)cc1.Cl. The second kappa shape index (κ2) is 9.80. The third-order valence-electron chi connectivity index (χ3n) is 5.55. The smallest absolute Gasteiger partial charge is 0.258 e. The van der Waals surface area contributed by atoms with Gasteiger partial charge in [-0.25, -0.2) is 4.68 Å². The number of halogens is 1. The van der Waals surface area contributed by atoms with Gasteiger partial charge in [-0.3, -0.25) is 10.1 Å². The van der Waals surface area contributed by atoms with Gasteiger partial charge >= 0.3 is 0 Å². The zero-order chi connectivity index (χ0) is 22.8. The van der Waals surface area contributed by atoms with Crippen LogP contribution in [0.5, 0.6) is 5.75 Å². The molecule has 34 heavy (non-hydrogen) atoms. The summed E-state index contributed by atoms with van der Waals surface area (Å²) in [4.78, 5) is 17.3. The molecule has 0 saturated carbocycles. The van der Waals surface area contributed by atoms with E-state index in [1.54, 1.807) is 36.1 Å². The van der Waals surface area contributed by atoms with E-state index in [4.69, 9.17) is 4.74 Å². The van der Waals surface area contributed by atoms with Gasteiger partial charge < -0.3 is 10.1 Å². The minimum atomic E-state index is -0.288. The van der Waals surface area contributed by atoms with Crippen LogP contribution < -0.4 is 15.4 Å². The number of hydrogen-bond donors (Lipinski definition) is 2. The van der Waals surface area contributed by atoms with Crippen LogP contribution >= 0.6 is 12.4 Å². The van der Waals surface area contributed by atoms with E-state index >= 15 is 0 Å². The Bertz CT molecular complexity index is 1320. The van der Waals surface area contributed by atoms with Crippen LogP contribution in [0.15, 0.2) is 84.9 Å². The molecule has 2 N–H and O–H groups in total. The van der Waals surface area contributed by atoms with Crippen LogP contribution in [0.25, 0.3) is 5.70 Å². The number of carbonyl (C=O) groups excluding carboxylic acids is 1. The Hall–Kier alpha value is -4.10. The molecule has 1 atom stereocenters. The molecule has 1 unspecified atom stereocenters. The Balaban J connectivity index is 0.00000274. The predicted octanol–water partition coefficient (Wildman–Crippen LogP) is 5.33. The van der Waals surface area contributed by atoms with Gasteiger partial charge in [0, 0.05) is 11.3 Å². The quantitative estimate of drug-likeness (QED) is 0.409. The molecule has 8 heteroatoms. The van der Waals surface area contributed by atoms with Crippen molar-refractivity contribution in [1.29, 1.82) is 0 Å². The topological polar surface area (TPSA) is 81.1 Å². The van der Waals surface area contributed by atoms with Crippen molar-refractivity contribution in [3.05, 3.63) is 107 Å². The normalized spacial score (nSPS) is 14.2. The summed E-state index contributed by atoms with van der Waals surface area (Å²) in [7, 11) is 1.59. The third-order valence-corrected chi connectivity index (χ3v) is 5.55. The molecule has 0 spiro atoms. The third kappa shape index (κ3) is 4.65. The van der Waals surface area contributed by atoms with E-state index in [1.807, 2.05) is 30.3 Å². The largest absolute Gasteiger partial charge is 0.497 e. The number of nitrogens with zero attached hydrogens (tertiary/aromatic N) is 3. The highest BCUT2D eigenvalue weighted by molar-refractivity contribution is 6.03. The van der Waals surface area contributed by atoms with Gasteiger partial charge in [-0.15, -0.1) is 17.5 Å². The molecule has 172 valence electrons. The molecule has 1 amide bonds. The lowest BCUT2D eigenvalue weighted by Gasteiger charge is -2.24. The highest BCUT2D eigenvalue weighted by Gasteiger charge is 2.26. The van der Waals surface area contributed by atoms with Crippen molar-refractivity contribution in [3.63, 3.8) is 0 Å². The molecule has 1 aliphatic rings. The molecule has 2 heterocycles. The van der Waals surface area contributed by atoms with Crippen LogP contribution in [0, 0.1) is 6.92 Å². The fourth-order valence-electron chi connectivity index (χ4n) is 3.75. The Morgan fingerprint density at radius 2 is 1.71 bits per heavy atom. The molecule has 5 rings (SSSR count). The number of aryl methyl sites for hydroxylation is 1. The van der Waals surface area contributed by atoms with E-state index in [0.29, 0.717) is 17.3 Å². The average Bonchev–Trinajstić information content (AvgIpc) is 3.27. The maximum Gasteiger partial charge on any atom is 0.258 e. The molecule has 0 radical (unpaired) electrons. The van der Waals surface area contributed by atoms with Crippen LogP contribution in [-0.2, 0) is 0 Å². The summed E-state index contributed by atoms with van der Waals surface area (Å²) in [6.45, 7) is 2.06. The van der Waals surface area contributed by atoms with E-state index in [9.17, 15) is 4.79 Å². The predicted molar refractivity (Wildman–Crippen MR) is 136 cm³/mol. The van der Waals surface area contributed by atoms with Gasteiger partial charge in [0.15, 0.2) is 0 Å². The highest BCUT2D eigenvalue weighted by atomic mass is 35.5. The molecule has 0 aliphatic carbocycles. The fourth-order valence-corrected chi connectivity index (χ4v) is 3.75. The highest BCUT2D eigenvalue weighted by Crippen LogP contribution is 2.33. The number of aromatic nitrogens is 3. The maximum absolute atomic E-state index is 12.7. The lowest BCUT2D eigenvalue weighted by molar-refractivity contribution is 0.102. The summed E-state index contributed by atoms with van der Waals surface area (Å²) < 4.78 is 6.95. The summed E-state index contributed by atoms with van der Waals surface area (Å²) >= 11 is 0. The molecule has 1 aromatic heterocycles. The van der Waals surface area contributed by atoms with Gasteiger partial charge in [0.1, 0.15) is 11.8 Å². The van der Waals surface area contributed by atoms with Crippen LogP contribution in [0.4, 0.5) is 11.9 Å². The molecule has 0 fully saturated rings. The van der Waals surface area contributed by atoms with Crippen LogP contribution in [0.1, 0.15) is 33.1 Å².